The molecule has 0 aromatic carbocycles. The smallest absolute Gasteiger partial charge is 0.140 e. The van der Waals surface area contributed by atoms with Gasteiger partial charge in [0, 0.05) is 11.8 Å². The summed E-state index contributed by atoms with van der Waals surface area (Å²) >= 11 is 0. The molecule has 0 aliphatic heterocycles. The van der Waals surface area contributed by atoms with Crippen molar-refractivity contribution in [3.05, 3.63) is 0 Å². The minimum atomic E-state index is -0.236. The van der Waals surface area contributed by atoms with E-state index in [4.69, 9.17) is 0 Å². The summed E-state index contributed by atoms with van der Waals surface area (Å²) in [6.45, 7) is 6.74. The molecule has 3 fully saturated rings. The van der Waals surface area contributed by atoms with Crippen LogP contribution in [0.2, 0.25) is 0 Å². The van der Waals surface area contributed by atoms with Gasteiger partial charge >= 0.3 is 0 Å². The van der Waals surface area contributed by atoms with Crippen molar-refractivity contribution in [2.45, 2.75) is 59.0 Å². The molecule has 0 amide bonds. The van der Waals surface area contributed by atoms with Crippen LogP contribution in [-0.4, -0.2) is 17.0 Å². The quantitative estimate of drug-likeness (QED) is 0.684. The van der Waals surface area contributed by atoms with Gasteiger partial charge in [0.15, 0.2) is 0 Å². The summed E-state index contributed by atoms with van der Waals surface area (Å²) in [4.78, 5) is 12.4. The fraction of sp³-hybridized carbons (Fsp3) is 0.929. The molecule has 2 nitrogen and oxygen atoms in total. The van der Waals surface area contributed by atoms with E-state index in [0.29, 0.717) is 12.2 Å². The number of rotatable bonds is 0. The summed E-state index contributed by atoms with van der Waals surface area (Å²) in [5.41, 5.74) is -0.0725. The summed E-state index contributed by atoms with van der Waals surface area (Å²) in [5.74, 6) is 0.676. The highest BCUT2D eigenvalue weighted by molar-refractivity contribution is 5.91. The molecule has 0 saturated heterocycles. The molecule has 3 aliphatic rings. The zero-order valence-electron chi connectivity index (χ0n) is 10.5. The Balaban J connectivity index is 2.20. The molecule has 3 aliphatic carbocycles. The zero-order valence-corrected chi connectivity index (χ0v) is 10.5. The second kappa shape index (κ2) is 2.72. The summed E-state index contributed by atoms with van der Waals surface area (Å²) in [6, 6.07) is 0. The summed E-state index contributed by atoms with van der Waals surface area (Å²) < 4.78 is 0. The van der Waals surface area contributed by atoms with Crippen molar-refractivity contribution in [3.63, 3.8) is 0 Å². The van der Waals surface area contributed by atoms with E-state index in [9.17, 15) is 9.90 Å². The first kappa shape index (κ1) is 10.8. The maximum absolute atomic E-state index is 12.4. The number of ketones is 1. The first-order valence-corrected chi connectivity index (χ1v) is 6.57. The van der Waals surface area contributed by atoms with E-state index in [-0.39, 0.29) is 28.3 Å². The minimum absolute atomic E-state index is 0.0727. The topological polar surface area (TPSA) is 37.3 Å². The second-order valence-electron chi connectivity index (χ2n) is 7.07. The lowest BCUT2D eigenvalue weighted by atomic mass is 9.48. The van der Waals surface area contributed by atoms with Crippen molar-refractivity contribution in [2.75, 3.05) is 0 Å². The molecule has 0 spiro atoms. The third-order valence-corrected chi connectivity index (χ3v) is 6.31. The number of hydrogen-bond acceptors (Lipinski definition) is 2. The van der Waals surface area contributed by atoms with Gasteiger partial charge in [-0.15, -0.1) is 0 Å². The molecule has 16 heavy (non-hydrogen) atoms. The van der Waals surface area contributed by atoms with Crippen LogP contribution in [0.25, 0.3) is 0 Å². The first-order valence-electron chi connectivity index (χ1n) is 6.57. The van der Waals surface area contributed by atoms with Gasteiger partial charge in [0.25, 0.3) is 0 Å². The number of Topliss-reactive ketones (excluding diaryl/α,β-unsaturated/α-hetero) is 1. The van der Waals surface area contributed by atoms with E-state index in [2.05, 4.69) is 20.8 Å². The Morgan fingerprint density at radius 2 is 1.94 bits per heavy atom. The number of aliphatic hydroxyl groups excluding tert-OH is 1. The SMILES string of the molecule is CC1(C)CCC[C@]2(C)[C@H]3CC(=O)[C@@]12C[C@H]3O. The fourth-order valence-corrected chi connectivity index (χ4v) is 5.53. The Hall–Kier alpha value is -0.370. The summed E-state index contributed by atoms with van der Waals surface area (Å²) in [7, 11) is 0. The van der Waals surface area contributed by atoms with Crippen molar-refractivity contribution in [2.24, 2.45) is 22.2 Å². The molecule has 0 unspecified atom stereocenters. The Kier molecular flexibility index (Phi) is 1.83. The molecule has 2 heteroatoms. The van der Waals surface area contributed by atoms with Crippen LogP contribution in [0.3, 0.4) is 0 Å². The van der Waals surface area contributed by atoms with Gasteiger partial charge in [0.1, 0.15) is 5.78 Å². The van der Waals surface area contributed by atoms with Crippen LogP contribution in [0.15, 0.2) is 0 Å². The van der Waals surface area contributed by atoms with Crippen LogP contribution < -0.4 is 0 Å². The lowest BCUT2D eigenvalue weighted by Gasteiger charge is -2.54. The Labute approximate surface area is 97.4 Å². The van der Waals surface area contributed by atoms with E-state index in [1.54, 1.807) is 0 Å². The van der Waals surface area contributed by atoms with Gasteiger partial charge in [0.2, 0.25) is 0 Å². The molecule has 3 saturated carbocycles. The molecule has 0 aromatic rings. The Bertz CT molecular complexity index is 360. The average molecular weight is 222 g/mol. The van der Waals surface area contributed by atoms with Gasteiger partial charge in [-0.1, -0.05) is 27.2 Å². The van der Waals surface area contributed by atoms with Gasteiger partial charge < -0.3 is 5.11 Å². The molecule has 4 atom stereocenters. The standard InChI is InChI=1S/C14H22O2/c1-12(2)5-4-6-13(3)9-7-11(16)14(12,13)8-10(9)15/h9-10,15H,4-8H2,1-3H3/t9-,10+,13+,14-/m0/s1. The number of hydrogen-bond donors (Lipinski definition) is 1. The van der Waals surface area contributed by atoms with Crippen molar-refractivity contribution in [3.8, 4) is 0 Å². The highest BCUT2D eigenvalue weighted by Gasteiger charge is 2.74. The summed E-state index contributed by atoms with van der Waals surface area (Å²) in [6.07, 6.45) is 4.58. The van der Waals surface area contributed by atoms with E-state index < -0.39 is 0 Å². The van der Waals surface area contributed by atoms with Crippen LogP contribution in [0.5, 0.6) is 0 Å². The van der Waals surface area contributed by atoms with Gasteiger partial charge in [-0.05, 0) is 36.0 Å². The van der Waals surface area contributed by atoms with Crippen molar-refractivity contribution in [1.29, 1.82) is 0 Å². The number of carbonyl (C=O) groups is 1. The van der Waals surface area contributed by atoms with Crippen molar-refractivity contribution in [1.82, 2.24) is 0 Å². The van der Waals surface area contributed by atoms with E-state index in [1.807, 2.05) is 0 Å². The van der Waals surface area contributed by atoms with Crippen LogP contribution in [-0.2, 0) is 4.79 Å². The van der Waals surface area contributed by atoms with E-state index >= 15 is 0 Å². The van der Waals surface area contributed by atoms with Crippen LogP contribution in [0, 0.1) is 22.2 Å². The summed E-state index contributed by atoms with van der Waals surface area (Å²) in [5, 5.41) is 10.2. The Morgan fingerprint density at radius 3 is 2.56 bits per heavy atom. The van der Waals surface area contributed by atoms with E-state index in [0.717, 1.165) is 19.3 Å². The molecule has 2 bridgehead atoms. The molecular weight excluding hydrogens is 200 g/mol. The highest BCUT2D eigenvalue weighted by Crippen LogP contribution is 2.74. The molecular formula is C14H22O2. The lowest BCUT2D eigenvalue weighted by molar-refractivity contribution is -0.146. The lowest BCUT2D eigenvalue weighted by Crippen LogP contribution is -2.52. The number of aliphatic hydroxyl groups is 1. The highest BCUT2D eigenvalue weighted by atomic mass is 16.3. The van der Waals surface area contributed by atoms with Crippen LogP contribution >= 0.6 is 0 Å². The molecule has 1 N–H and O–H groups in total. The molecule has 0 radical (unpaired) electrons. The monoisotopic (exact) mass is 222 g/mol. The molecule has 90 valence electrons. The van der Waals surface area contributed by atoms with Crippen LogP contribution in [0.1, 0.15) is 52.9 Å². The third kappa shape index (κ3) is 0.848. The zero-order chi connectivity index (χ0) is 11.8. The maximum atomic E-state index is 12.4. The maximum Gasteiger partial charge on any atom is 0.140 e. The van der Waals surface area contributed by atoms with Crippen molar-refractivity contribution < 1.29 is 9.90 Å². The van der Waals surface area contributed by atoms with Gasteiger partial charge in [-0.25, -0.2) is 0 Å². The van der Waals surface area contributed by atoms with Gasteiger partial charge in [-0.2, -0.15) is 0 Å². The first-order chi connectivity index (χ1) is 7.35. The number of carbonyl (C=O) groups excluding carboxylic acids is 1. The van der Waals surface area contributed by atoms with Crippen LogP contribution in [0.4, 0.5) is 0 Å². The molecule has 3 rings (SSSR count). The molecule has 0 aromatic heterocycles. The predicted molar refractivity (Wildman–Crippen MR) is 61.9 cm³/mol. The van der Waals surface area contributed by atoms with E-state index in [1.165, 1.54) is 6.42 Å². The molecule has 0 heterocycles. The largest absolute Gasteiger partial charge is 0.393 e. The van der Waals surface area contributed by atoms with Gasteiger partial charge in [0.05, 0.1) is 6.10 Å². The predicted octanol–water partition coefficient (Wildman–Crippen LogP) is 2.54. The Morgan fingerprint density at radius 1 is 1.25 bits per heavy atom. The average Bonchev–Trinajstić information content (AvgIpc) is 2.51. The third-order valence-electron chi connectivity index (χ3n) is 6.31. The second-order valence-corrected chi connectivity index (χ2v) is 7.07. The normalized spacial score (nSPS) is 54.1. The van der Waals surface area contributed by atoms with Gasteiger partial charge in [-0.3, -0.25) is 4.79 Å². The minimum Gasteiger partial charge on any atom is -0.393 e. The van der Waals surface area contributed by atoms with Crippen molar-refractivity contribution >= 4 is 5.78 Å². The fourth-order valence-electron chi connectivity index (χ4n) is 5.53.